The number of hydrogen-bond acceptors (Lipinski definition) is 4. The summed E-state index contributed by atoms with van der Waals surface area (Å²) in [4.78, 5) is 28.2. The number of ether oxygens (including phenoxy) is 1. The topological polar surface area (TPSA) is 60.7 Å². The van der Waals surface area contributed by atoms with Crippen LogP contribution in [0, 0.1) is 11.6 Å². The number of aromatic nitrogens is 1. The maximum atomic E-state index is 13.8. The number of amides is 1. The standard InChI is InChI=1S/C17H11BrF2N2O3S/c1-25-15(23)8-22-13-5-2-9(18)6-14(13)26-17(22)21-16(24)11-4-3-10(19)7-12(11)20/h2-7H,8H2,1H3. The fourth-order valence-corrected chi connectivity index (χ4v) is 3.87. The Morgan fingerprint density at radius 1 is 1.23 bits per heavy atom. The number of rotatable bonds is 3. The Labute approximate surface area is 158 Å². The number of thiazole rings is 1. The van der Waals surface area contributed by atoms with E-state index in [-0.39, 0.29) is 16.9 Å². The zero-order valence-electron chi connectivity index (χ0n) is 13.3. The van der Waals surface area contributed by atoms with E-state index >= 15 is 0 Å². The van der Waals surface area contributed by atoms with Crippen molar-refractivity contribution in [3.63, 3.8) is 0 Å². The summed E-state index contributed by atoms with van der Waals surface area (Å²) in [5.41, 5.74) is 0.324. The molecule has 0 fully saturated rings. The Balaban J connectivity index is 2.15. The second-order valence-corrected chi connectivity index (χ2v) is 7.12. The van der Waals surface area contributed by atoms with Gasteiger partial charge in [-0.15, -0.1) is 0 Å². The molecule has 0 atom stereocenters. The van der Waals surface area contributed by atoms with Crippen LogP contribution in [0.1, 0.15) is 10.4 Å². The zero-order chi connectivity index (χ0) is 18.8. The van der Waals surface area contributed by atoms with Crippen molar-refractivity contribution in [2.75, 3.05) is 7.11 Å². The van der Waals surface area contributed by atoms with Crippen molar-refractivity contribution >= 4 is 49.4 Å². The molecule has 5 nitrogen and oxygen atoms in total. The number of carbonyl (C=O) groups excluding carboxylic acids is 2. The van der Waals surface area contributed by atoms with Gasteiger partial charge in [0, 0.05) is 10.5 Å². The Bertz CT molecular complexity index is 1090. The molecule has 9 heteroatoms. The highest BCUT2D eigenvalue weighted by Crippen LogP contribution is 2.22. The SMILES string of the molecule is COC(=O)Cn1c(=NC(=O)c2ccc(F)cc2F)sc2cc(Br)ccc21. The molecule has 1 aromatic heterocycles. The van der Waals surface area contributed by atoms with Gasteiger partial charge in [-0.2, -0.15) is 4.99 Å². The molecule has 0 radical (unpaired) electrons. The third kappa shape index (κ3) is 3.73. The second-order valence-electron chi connectivity index (χ2n) is 5.20. The maximum absolute atomic E-state index is 13.8. The summed E-state index contributed by atoms with van der Waals surface area (Å²) in [6.07, 6.45) is 0. The number of benzene rings is 2. The first-order chi connectivity index (χ1) is 12.4. The van der Waals surface area contributed by atoms with Crippen LogP contribution in [0.5, 0.6) is 0 Å². The van der Waals surface area contributed by atoms with E-state index in [1.165, 1.54) is 11.7 Å². The molecule has 1 amide bonds. The van der Waals surface area contributed by atoms with E-state index in [0.717, 1.165) is 32.6 Å². The van der Waals surface area contributed by atoms with Crippen molar-refractivity contribution in [3.8, 4) is 0 Å². The summed E-state index contributed by atoms with van der Waals surface area (Å²) in [6.45, 7) is -0.157. The predicted molar refractivity (Wildman–Crippen MR) is 95.8 cm³/mol. The van der Waals surface area contributed by atoms with Gasteiger partial charge in [0.05, 0.1) is 22.9 Å². The molecule has 3 rings (SSSR count). The van der Waals surface area contributed by atoms with Crippen molar-refractivity contribution in [1.29, 1.82) is 0 Å². The van der Waals surface area contributed by atoms with Crippen LogP contribution in [0.15, 0.2) is 45.9 Å². The van der Waals surface area contributed by atoms with Crippen molar-refractivity contribution < 1.29 is 23.1 Å². The van der Waals surface area contributed by atoms with E-state index in [1.54, 1.807) is 12.1 Å². The number of fused-ring (bicyclic) bond motifs is 1. The summed E-state index contributed by atoms with van der Waals surface area (Å²) in [7, 11) is 1.25. The molecule has 0 saturated heterocycles. The lowest BCUT2D eigenvalue weighted by atomic mass is 10.2. The first-order valence-corrected chi connectivity index (χ1v) is 8.90. The monoisotopic (exact) mass is 440 g/mol. The molecule has 0 spiro atoms. The normalized spacial score (nSPS) is 11.8. The molecule has 0 aliphatic carbocycles. The number of halogens is 3. The van der Waals surface area contributed by atoms with Gasteiger partial charge in [0.2, 0.25) is 0 Å². The van der Waals surface area contributed by atoms with Crippen LogP contribution >= 0.6 is 27.3 Å². The van der Waals surface area contributed by atoms with Gasteiger partial charge in [0.1, 0.15) is 18.2 Å². The second kappa shape index (κ2) is 7.46. The van der Waals surface area contributed by atoms with Crippen molar-refractivity contribution in [1.82, 2.24) is 4.57 Å². The third-order valence-electron chi connectivity index (χ3n) is 3.52. The van der Waals surface area contributed by atoms with E-state index in [9.17, 15) is 18.4 Å². The van der Waals surface area contributed by atoms with Crippen LogP contribution in [0.25, 0.3) is 10.2 Å². The molecule has 0 aliphatic heterocycles. The fourth-order valence-electron chi connectivity index (χ4n) is 2.29. The lowest BCUT2D eigenvalue weighted by Gasteiger charge is -2.04. The average molecular weight is 441 g/mol. The summed E-state index contributed by atoms with van der Waals surface area (Å²) in [5, 5.41) is 0. The summed E-state index contributed by atoms with van der Waals surface area (Å²) < 4.78 is 34.6. The Morgan fingerprint density at radius 2 is 2.00 bits per heavy atom. The van der Waals surface area contributed by atoms with Crippen LogP contribution in [0.2, 0.25) is 0 Å². The molecule has 1 heterocycles. The maximum Gasteiger partial charge on any atom is 0.325 e. The van der Waals surface area contributed by atoms with Crippen molar-refractivity contribution in [3.05, 3.63) is 62.9 Å². The molecular weight excluding hydrogens is 430 g/mol. The summed E-state index contributed by atoms with van der Waals surface area (Å²) >= 11 is 4.52. The van der Waals surface area contributed by atoms with Gasteiger partial charge in [-0.05, 0) is 30.3 Å². The number of esters is 1. The van der Waals surface area contributed by atoms with E-state index in [1.807, 2.05) is 6.07 Å². The first-order valence-electron chi connectivity index (χ1n) is 7.29. The Kier molecular flexibility index (Phi) is 5.28. The smallest absolute Gasteiger partial charge is 0.325 e. The molecule has 0 N–H and O–H groups in total. The highest BCUT2D eigenvalue weighted by molar-refractivity contribution is 9.10. The molecule has 0 bridgehead atoms. The largest absolute Gasteiger partial charge is 0.468 e. The van der Waals surface area contributed by atoms with E-state index in [4.69, 9.17) is 0 Å². The molecule has 3 aromatic rings. The zero-order valence-corrected chi connectivity index (χ0v) is 15.7. The average Bonchev–Trinajstić information content (AvgIpc) is 2.90. The number of nitrogens with zero attached hydrogens (tertiary/aromatic N) is 2. The molecule has 134 valence electrons. The third-order valence-corrected chi connectivity index (χ3v) is 5.05. The minimum atomic E-state index is -0.998. The molecular formula is C17H11BrF2N2O3S. The minimum absolute atomic E-state index is 0.157. The highest BCUT2D eigenvalue weighted by atomic mass is 79.9. The highest BCUT2D eigenvalue weighted by Gasteiger charge is 2.15. The van der Waals surface area contributed by atoms with Gasteiger partial charge in [-0.1, -0.05) is 27.3 Å². The van der Waals surface area contributed by atoms with Gasteiger partial charge < -0.3 is 9.30 Å². The number of methoxy groups -OCH3 is 1. The molecule has 0 aliphatic rings. The van der Waals surface area contributed by atoms with E-state index in [0.29, 0.717) is 11.6 Å². The fraction of sp³-hybridized carbons (Fsp3) is 0.118. The molecule has 26 heavy (non-hydrogen) atoms. The van der Waals surface area contributed by atoms with Crippen LogP contribution in [0.3, 0.4) is 0 Å². The van der Waals surface area contributed by atoms with Gasteiger partial charge in [0.15, 0.2) is 4.80 Å². The van der Waals surface area contributed by atoms with Gasteiger partial charge in [-0.25, -0.2) is 8.78 Å². The lowest BCUT2D eigenvalue weighted by molar-refractivity contribution is -0.141. The Hall–Kier alpha value is -2.39. The van der Waals surface area contributed by atoms with Crippen molar-refractivity contribution in [2.45, 2.75) is 6.54 Å². The predicted octanol–water partition coefficient (Wildman–Crippen LogP) is 3.66. The van der Waals surface area contributed by atoms with Crippen LogP contribution in [-0.2, 0) is 16.1 Å². The molecule has 0 unspecified atom stereocenters. The van der Waals surface area contributed by atoms with Crippen LogP contribution in [0.4, 0.5) is 8.78 Å². The first kappa shape index (κ1) is 18.4. The van der Waals surface area contributed by atoms with Gasteiger partial charge in [0.25, 0.3) is 5.91 Å². The quantitative estimate of drug-likeness (QED) is 0.583. The lowest BCUT2D eigenvalue weighted by Crippen LogP contribution is -2.22. The molecule has 0 saturated carbocycles. The van der Waals surface area contributed by atoms with E-state index in [2.05, 4.69) is 25.7 Å². The van der Waals surface area contributed by atoms with Crippen LogP contribution in [-0.4, -0.2) is 23.6 Å². The van der Waals surface area contributed by atoms with Crippen LogP contribution < -0.4 is 4.80 Å². The number of hydrogen-bond donors (Lipinski definition) is 0. The van der Waals surface area contributed by atoms with Gasteiger partial charge >= 0.3 is 5.97 Å². The summed E-state index contributed by atoms with van der Waals surface area (Å²) in [5.74, 6) is -3.17. The van der Waals surface area contributed by atoms with Gasteiger partial charge in [-0.3, -0.25) is 9.59 Å². The van der Waals surface area contributed by atoms with E-state index < -0.39 is 23.5 Å². The minimum Gasteiger partial charge on any atom is -0.468 e. The number of carbonyl (C=O) groups is 2. The Morgan fingerprint density at radius 3 is 2.69 bits per heavy atom. The summed E-state index contributed by atoms with van der Waals surface area (Å²) in [6, 6.07) is 8.00. The molecule has 2 aromatic carbocycles. The van der Waals surface area contributed by atoms with Crippen molar-refractivity contribution in [2.24, 2.45) is 4.99 Å².